The van der Waals surface area contributed by atoms with Crippen LogP contribution >= 0.6 is 0 Å². The Hall–Kier alpha value is -4.22. The van der Waals surface area contributed by atoms with Crippen LogP contribution in [0.4, 0.5) is 19.0 Å². The molecule has 172 valence electrons. The van der Waals surface area contributed by atoms with Gasteiger partial charge in [0.25, 0.3) is 0 Å². The largest absolute Gasteiger partial charge is 0.435 e. The average Bonchev–Trinajstić information content (AvgIpc) is 3.51. The van der Waals surface area contributed by atoms with E-state index >= 15 is 0 Å². The molecule has 9 nitrogen and oxygen atoms in total. The van der Waals surface area contributed by atoms with Crippen molar-refractivity contribution in [1.82, 2.24) is 34.3 Å². The average molecular weight is 466 g/mol. The smallest absolute Gasteiger partial charge is 0.344 e. The van der Waals surface area contributed by atoms with E-state index < -0.39 is 11.9 Å². The lowest BCUT2D eigenvalue weighted by atomic mass is 10.1. The summed E-state index contributed by atoms with van der Waals surface area (Å²) in [6.07, 6.45) is 0.421. The number of hydrogen-bond donors (Lipinski definition) is 1. The second-order valence-electron chi connectivity index (χ2n) is 8.12. The number of amides is 1. The minimum Gasteiger partial charge on any atom is -0.344 e. The second kappa shape index (κ2) is 7.14. The van der Waals surface area contributed by atoms with Gasteiger partial charge in [0.15, 0.2) is 17.2 Å². The minimum atomic E-state index is -4.65. The standard InChI is InChI=1S/C22H17F3N8O/c1-31-17(34)6-4-7-32-11-14(19(30-32)22(23,24)25)13-10-26-20-12(13)9-15(28-29-20)18-21(31)27-16-5-2-3-8-33(16)18/h2-3,5,8-11H,4,6-7H2,1H3,(H,26,29). The number of anilines is 1. The minimum absolute atomic E-state index is 0.0587. The normalized spacial score (nSPS) is 14.7. The van der Waals surface area contributed by atoms with Crippen LogP contribution in [0.25, 0.3) is 39.2 Å². The molecule has 0 saturated heterocycles. The third kappa shape index (κ3) is 3.05. The van der Waals surface area contributed by atoms with Gasteiger partial charge in [-0.05, 0) is 24.6 Å². The first-order valence-corrected chi connectivity index (χ1v) is 10.5. The summed E-state index contributed by atoms with van der Waals surface area (Å²) in [6.45, 7) is 0.161. The van der Waals surface area contributed by atoms with Gasteiger partial charge in [-0.1, -0.05) is 6.07 Å². The van der Waals surface area contributed by atoms with Gasteiger partial charge in [0, 0.05) is 55.1 Å². The molecule has 0 aromatic carbocycles. The maximum absolute atomic E-state index is 13.9. The molecule has 1 N–H and O–H groups in total. The van der Waals surface area contributed by atoms with Gasteiger partial charge in [-0.25, -0.2) is 4.98 Å². The topological polar surface area (TPSA) is 97.0 Å². The fourth-order valence-electron chi connectivity index (χ4n) is 4.34. The number of nitrogens with one attached hydrogen (secondary N) is 1. The number of carbonyl (C=O) groups excluding carboxylic acids is 1. The molecule has 0 saturated carbocycles. The first-order chi connectivity index (χ1) is 16.3. The van der Waals surface area contributed by atoms with Crippen molar-refractivity contribution in [2.24, 2.45) is 0 Å². The summed E-state index contributed by atoms with van der Waals surface area (Å²) in [6, 6.07) is 7.11. The van der Waals surface area contributed by atoms with E-state index in [9.17, 15) is 18.0 Å². The molecule has 1 aliphatic heterocycles. The van der Waals surface area contributed by atoms with Gasteiger partial charge in [0.05, 0.1) is 0 Å². The number of H-pyrrole nitrogens is 1. The number of fused-ring (bicyclic) bond motifs is 8. The highest BCUT2D eigenvalue weighted by Gasteiger charge is 2.38. The summed E-state index contributed by atoms with van der Waals surface area (Å²) in [4.78, 5) is 22.0. The van der Waals surface area contributed by atoms with E-state index in [1.807, 2.05) is 12.1 Å². The maximum Gasteiger partial charge on any atom is 0.435 e. The van der Waals surface area contributed by atoms with E-state index in [1.54, 1.807) is 29.8 Å². The number of nitrogens with zero attached hydrogens (tertiary/aromatic N) is 7. The van der Waals surface area contributed by atoms with Crippen LogP contribution in [-0.2, 0) is 17.5 Å². The lowest BCUT2D eigenvalue weighted by Gasteiger charge is -2.16. The van der Waals surface area contributed by atoms with Crippen LogP contribution in [0, 0.1) is 0 Å². The Balaban J connectivity index is 1.67. The van der Waals surface area contributed by atoms with Crippen molar-refractivity contribution in [3.63, 3.8) is 0 Å². The van der Waals surface area contributed by atoms with Crippen LogP contribution in [0.1, 0.15) is 18.5 Å². The van der Waals surface area contributed by atoms with E-state index in [-0.39, 0.29) is 24.4 Å². The molecule has 5 aromatic rings. The zero-order valence-corrected chi connectivity index (χ0v) is 17.8. The number of rotatable bonds is 0. The second-order valence-corrected chi connectivity index (χ2v) is 8.12. The molecule has 6 heterocycles. The fourth-order valence-corrected chi connectivity index (χ4v) is 4.34. The molecule has 0 spiro atoms. The van der Waals surface area contributed by atoms with E-state index in [4.69, 9.17) is 0 Å². The van der Waals surface area contributed by atoms with Gasteiger partial charge in [0.2, 0.25) is 5.91 Å². The molecule has 0 radical (unpaired) electrons. The van der Waals surface area contributed by atoms with Crippen LogP contribution in [-0.4, -0.2) is 47.3 Å². The number of carbonyl (C=O) groups is 1. The Bertz CT molecular complexity index is 1580. The summed E-state index contributed by atoms with van der Waals surface area (Å²) in [5.74, 6) is 0.176. The fraction of sp³-hybridized carbons (Fsp3) is 0.227. The SMILES string of the molecule is CN1C(=O)CCCn2cc(c(C(F)(F)F)n2)-c2c[nH]c3nnc(cc23)-c2c1nc1ccccn21. The van der Waals surface area contributed by atoms with Gasteiger partial charge in [-0.2, -0.15) is 18.3 Å². The lowest BCUT2D eigenvalue weighted by molar-refractivity contribution is -0.141. The molecule has 6 rings (SSSR count). The summed E-state index contributed by atoms with van der Waals surface area (Å²) < 4.78 is 44.6. The molecule has 0 unspecified atom stereocenters. The molecule has 0 fully saturated rings. The number of alkyl halides is 3. The van der Waals surface area contributed by atoms with E-state index in [0.717, 1.165) is 0 Å². The van der Waals surface area contributed by atoms with Crippen molar-refractivity contribution in [2.45, 2.75) is 25.6 Å². The number of aryl methyl sites for hydroxylation is 1. The molecular weight excluding hydrogens is 449 g/mol. The number of aromatic amines is 1. The third-order valence-electron chi connectivity index (χ3n) is 5.98. The Morgan fingerprint density at radius 3 is 2.82 bits per heavy atom. The Morgan fingerprint density at radius 1 is 1.15 bits per heavy atom. The van der Waals surface area contributed by atoms with E-state index in [0.29, 0.717) is 45.9 Å². The van der Waals surface area contributed by atoms with Crippen LogP contribution in [0.5, 0.6) is 0 Å². The van der Waals surface area contributed by atoms with Crippen molar-refractivity contribution < 1.29 is 18.0 Å². The summed E-state index contributed by atoms with van der Waals surface area (Å²) in [7, 11) is 1.63. The molecule has 1 aliphatic rings. The quantitative estimate of drug-likeness (QED) is 0.373. The maximum atomic E-state index is 13.9. The zero-order valence-electron chi connectivity index (χ0n) is 17.8. The summed E-state index contributed by atoms with van der Waals surface area (Å²) in [5, 5.41) is 12.8. The molecular formula is C22H17F3N8O. The van der Waals surface area contributed by atoms with Crippen molar-refractivity contribution in [3.8, 4) is 22.5 Å². The van der Waals surface area contributed by atoms with Crippen molar-refractivity contribution >= 4 is 28.4 Å². The predicted molar refractivity (Wildman–Crippen MR) is 117 cm³/mol. The first-order valence-electron chi connectivity index (χ1n) is 10.5. The molecule has 12 heteroatoms. The number of pyridine rings is 1. The van der Waals surface area contributed by atoms with Gasteiger partial charge in [-0.3, -0.25) is 18.8 Å². The monoisotopic (exact) mass is 466 g/mol. The van der Waals surface area contributed by atoms with Crippen LogP contribution < -0.4 is 4.90 Å². The number of hydrogen-bond acceptors (Lipinski definition) is 5. The highest BCUT2D eigenvalue weighted by atomic mass is 19.4. The Labute approximate surface area is 189 Å². The molecule has 34 heavy (non-hydrogen) atoms. The number of halogens is 3. The van der Waals surface area contributed by atoms with E-state index in [2.05, 4.69) is 25.3 Å². The first kappa shape index (κ1) is 20.4. The molecule has 0 aliphatic carbocycles. The lowest BCUT2D eigenvalue weighted by Crippen LogP contribution is -2.27. The van der Waals surface area contributed by atoms with Gasteiger partial charge >= 0.3 is 6.18 Å². The third-order valence-corrected chi connectivity index (χ3v) is 5.98. The molecule has 4 bridgehead atoms. The van der Waals surface area contributed by atoms with Gasteiger partial charge in [0.1, 0.15) is 17.0 Å². The highest BCUT2D eigenvalue weighted by molar-refractivity contribution is 5.99. The molecule has 1 amide bonds. The number of aromatic nitrogens is 7. The van der Waals surface area contributed by atoms with Gasteiger partial charge < -0.3 is 4.98 Å². The van der Waals surface area contributed by atoms with Crippen molar-refractivity contribution in [1.29, 1.82) is 0 Å². The highest BCUT2D eigenvalue weighted by Crippen LogP contribution is 2.40. The summed E-state index contributed by atoms with van der Waals surface area (Å²) >= 11 is 0. The van der Waals surface area contributed by atoms with Crippen molar-refractivity contribution in [3.05, 3.63) is 48.5 Å². The van der Waals surface area contributed by atoms with Crippen LogP contribution in [0.2, 0.25) is 0 Å². The van der Waals surface area contributed by atoms with Gasteiger partial charge in [-0.15, -0.1) is 10.2 Å². The number of imidazole rings is 1. The van der Waals surface area contributed by atoms with Crippen LogP contribution in [0.3, 0.4) is 0 Å². The Kier molecular flexibility index (Phi) is 4.28. The zero-order chi connectivity index (χ0) is 23.6. The van der Waals surface area contributed by atoms with Crippen LogP contribution in [0.15, 0.2) is 42.9 Å². The Morgan fingerprint density at radius 2 is 2.00 bits per heavy atom. The van der Waals surface area contributed by atoms with Crippen molar-refractivity contribution in [2.75, 3.05) is 11.9 Å². The molecule has 5 aromatic heterocycles. The predicted octanol–water partition coefficient (Wildman–Crippen LogP) is 3.91. The van der Waals surface area contributed by atoms with E-state index in [1.165, 1.54) is 22.0 Å². The molecule has 0 atom stereocenters. The summed E-state index contributed by atoms with van der Waals surface area (Å²) in [5.41, 5.74) is 1.12.